The number of aliphatic hydroxyl groups is 1. The lowest BCUT2D eigenvalue weighted by Crippen LogP contribution is -2.51. The van der Waals surface area contributed by atoms with Crippen LogP contribution in [-0.4, -0.2) is 48.3 Å². The van der Waals surface area contributed by atoms with Crippen molar-refractivity contribution >= 4 is 0 Å². The maximum absolute atomic E-state index is 9.29. The molecule has 1 aliphatic rings. The van der Waals surface area contributed by atoms with Gasteiger partial charge in [-0.1, -0.05) is 27.7 Å². The highest BCUT2D eigenvalue weighted by Crippen LogP contribution is 2.25. The van der Waals surface area contributed by atoms with Crippen molar-refractivity contribution in [3.8, 4) is 0 Å². The Balaban J connectivity index is 2.52. The summed E-state index contributed by atoms with van der Waals surface area (Å²) in [6.07, 6.45) is 4.77. The van der Waals surface area contributed by atoms with Gasteiger partial charge in [0, 0.05) is 25.2 Å². The molecule has 120 valence electrons. The minimum Gasteiger partial charge on any atom is -0.396 e. The third-order valence-corrected chi connectivity index (χ3v) is 4.72. The van der Waals surface area contributed by atoms with Gasteiger partial charge in [0.1, 0.15) is 0 Å². The molecule has 1 aliphatic heterocycles. The van der Waals surface area contributed by atoms with Crippen LogP contribution in [0.3, 0.4) is 0 Å². The van der Waals surface area contributed by atoms with E-state index in [1.54, 1.807) is 0 Å². The highest BCUT2D eigenvalue weighted by molar-refractivity contribution is 4.87. The van der Waals surface area contributed by atoms with Crippen LogP contribution in [0.4, 0.5) is 0 Å². The fourth-order valence-electron chi connectivity index (χ4n) is 3.37. The maximum atomic E-state index is 9.29. The molecule has 2 N–H and O–H groups in total. The summed E-state index contributed by atoms with van der Waals surface area (Å²) in [4.78, 5) is 2.62. The lowest BCUT2D eigenvalue weighted by atomic mass is 9.83. The van der Waals surface area contributed by atoms with Gasteiger partial charge in [-0.25, -0.2) is 0 Å². The normalized spacial score (nSPS) is 24.6. The minimum atomic E-state index is 0.203. The average molecular weight is 284 g/mol. The molecule has 0 aromatic heterocycles. The van der Waals surface area contributed by atoms with Crippen LogP contribution in [0.15, 0.2) is 0 Å². The van der Waals surface area contributed by atoms with Gasteiger partial charge < -0.3 is 15.3 Å². The number of likely N-dealkylation sites (tertiary alicyclic amines) is 1. The Morgan fingerprint density at radius 3 is 2.60 bits per heavy atom. The molecule has 0 saturated carbocycles. The Labute approximate surface area is 126 Å². The molecule has 0 aliphatic carbocycles. The number of aliphatic hydroxyl groups excluding tert-OH is 1. The SMILES string of the molecule is CCCN1CCCC(C(C)NC(CCO)C(C)(C)C)C1. The molecule has 0 aromatic rings. The van der Waals surface area contributed by atoms with Crippen LogP contribution in [-0.2, 0) is 0 Å². The molecular weight excluding hydrogens is 248 g/mol. The lowest BCUT2D eigenvalue weighted by Gasteiger charge is -2.40. The average Bonchev–Trinajstić information content (AvgIpc) is 2.38. The van der Waals surface area contributed by atoms with Crippen molar-refractivity contribution in [3.05, 3.63) is 0 Å². The van der Waals surface area contributed by atoms with Gasteiger partial charge in [0.05, 0.1) is 0 Å². The van der Waals surface area contributed by atoms with Gasteiger partial charge in [-0.15, -0.1) is 0 Å². The molecule has 1 saturated heterocycles. The van der Waals surface area contributed by atoms with Crippen LogP contribution in [0, 0.1) is 11.3 Å². The first kappa shape index (κ1) is 17.9. The third kappa shape index (κ3) is 5.71. The van der Waals surface area contributed by atoms with Gasteiger partial charge in [-0.05, 0) is 57.0 Å². The number of hydrogen-bond acceptors (Lipinski definition) is 3. The summed E-state index contributed by atoms with van der Waals surface area (Å²) in [6, 6.07) is 0.925. The van der Waals surface area contributed by atoms with Crippen molar-refractivity contribution in [1.82, 2.24) is 10.2 Å². The molecule has 20 heavy (non-hydrogen) atoms. The maximum Gasteiger partial charge on any atom is 0.0446 e. The van der Waals surface area contributed by atoms with Crippen molar-refractivity contribution in [2.45, 2.75) is 72.4 Å². The summed E-state index contributed by atoms with van der Waals surface area (Å²) in [5.41, 5.74) is 0.203. The largest absolute Gasteiger partial charge is 0.396 e. The monoisotopic (exact) mass is 284 g/mol. The molecule has 3 unspecified atom stereocenters. The quantitative estimate of drug-likeness (QED) is 0.754. The second-order valence-electron chi connectivity index (χ2n) is 7.59. The van der Waals surface area contributed by atoms with Crippen LogP contribution in [0.1, 0.15) is 60.3 Å². The van der Waals surface area contributed by atoms with E-state index < -0.39 is 0 Å². The number of rotatable bonds is 7. The smallest absolute Gasteiger partial charge is 0.0446 e. The first-order valence-corrected chi connectivity index (χ1v) is 8.47. The fourth-order valence-corrected chi connectivity index (χ4v) is 3.37. The van der Waals surface area contributed by atoms with Crippen molar-refractivity contribution in [1.29, 1.82) is 0 Å². The molecule has 1 heterocycles. The molecule has 0 radical (unpaired) electrons. The summed E-state index contributed by atoms with van der Waals surface area (Å²) < 4.78 is 0. The van der Waals surface area contributed by atoms with Crippen LogP contribution in [0.2, 0.25) is 0 Å². The molecule has 3 atom stereocenters. The highest BCUT2D eigenvalue weighted by Gasteiger charge is 2.29. The highest BCUT2D eigenvalue weighted by atomic mass is 16.3. The van der Waals surface area contributed by atoms with E-state index in [4.69, 9.17) is 0 Å². The summed E-state index contributed by atoms with van der Waals surface area (Å²) in [7, 11) is 0. The van der Waals surface area contributed by atoms with E-state index in [0.29, 0.717) is 12.1 Å². The molecule has 3 nitrogen and oxygen atoms in total. The predicted octanol–water partition coefficient (Wildman–Crippen LogP) is 2.88. The molecular formula is C17H36N2O. The standard InChI is InChI=1S/C17H36N2O/c1-6-10-19-11-7-8-15(13-19)14(2)18-16(9-12-20)17(3,4)5/h14-16,18,20H,6-13H2,1-5H3. The molecule has 3 heteroatoms. The molecule has 1 fully saturated rings. The molecule has 0 aromatic carbocycles. The summed E-state index contributed by atoms with van der Waals surface area (Å²) in [6.45, 7) is 15.4. The summed E-state index contributed by atoms with van der Waals surface area (Å²) in [5, 5.41) is 13.1. The zero-order valence-corrected chi connectivity index (χ0v) is 14.3. The summed E-state index contributed by atoms with van der Waals surface area (Å²) in [5.74, 6) is 0.749. The van der Waals surface area contributed by atoms with E-state index in [1.807, 2.05) is 0 Å². The Morgan fingerprint density at radius 2 is 2.05 bits per heavy atom. The number of nitrogens with one attached hydrogen (secondary N) is 1. The number of piperidine rings is 1. The van der Waals surface area contributed by atoms with E-state index in [9.17, 15) is 5.11 Å². The van der Waals surface area contributed by atoms with Gasteiger partial charge in [-0.3, -0.25) is 0 Å². The molecule has 0 spiro atoms. The van der Waals surface area contributed by atoms with Crippen LogP contribution >= 0.6 is 0 Å². The Morgan fingerprint density at radius 1 is 1.35 bits per heavy atom. The number of hydrogen-bond donors (Lipinski definition) is 2. The van der Waals surface area contributed by atoms with Gasteiger partial charge in [0.2, 0.25) is 0 Å². The Hall–Kier alpha value is -0.120. The molecule has 0 amide bonds. The van der Waals surface area contributed by atoms with E-state index >= 15 is 0 Å². The lowest BCUT2D eigenvalue weighted by molar-refractivity contribution is 0.125. The molecule has 0 bridgehead atoms. The van der Waals surface area contributed by atoms with E-state index in [2.05, 4.69) is 44.8 Å². The second-order valence-corrected chi connectivity index (χ2v) is 7.59. The Kier molecular flexibility index (Phi) is 7.49. The fraction of sp³-hybridized carbons (Fsp3) is 1.00. The van der Waals surface area contributed by atoms with Crippen LogP contribution in [0.25, 0.3) is 0 Å². The van der Waals surface area contributed by atoms with Gasteiger partial charge in [0.15, 0.2) is 0 Å². The van der Waals surface area contributed by atoms with Gasteiger partial charge in [0.25, 0.3) is 0 Å². The van der Waals surface area contributed by atoms with Gasteiger partial charge in [-0.2, -0.15) is 0 Å². The van der Waals surface area contributed by atoms with Crippen LogP contribution < -0.4 is 5.32 Å². The van der Waals surface area contributed by atoms with Crippen molar-refractivity contribution in [3.63, 3.8) is 0 Å². The predicted molar refractivity (Wildman–Crippen MR) is 87.0 cm³/mol. The van der Waals surface area contributed by atoms with Crippen LogP contribution in [0.5, 0.6) is 0 Å². The van der Waals surface area contributed by atoms with E-state index in [0.717, 1.165) is 12.3 Å². The summed E-state index contributed by atoms with van der Waals surface area (Å²) >= 11 is 0. The zero-order chi connectivity index (χ0) is 15.2. The van der Waals surface area contributed by atoms with Crippen molar-refractivity contribution in [2.24, 2.45) is 11.3 Å². The first-order valence-electron chi connectivity index (χ1n) is 8.47. The minimum absolute atomic E-state index is 0.203. The van der Waals surface area contributed by atoms with Crippen molar-refractivity contribution < 1.29 is 5.11 Å². The number of nitrogens with zero attached hydrogens (tertiary/aromatic N) is 1. The van der Waals surface area contributed by atoms with Crippen molar-refractivity contribution in [2.75, 3.05) is 26.2 Å². The molecule has 1 rings (SSSR count). The van der Waals surface area contributed by atoms with E-state index in [1.165, 1.54) is 38.9 Å². The second kappa shape index (κ2) is 8.35. The van der Waals surface area contributed by atoms with Gasteiger partial charge >= 0.3 is 0 Å². The first-order chi connectivity index (χ1) is 9.38. The third-order valence-electron chi connectivity index (χ3n) is 4.72. The topological polar surface area (TPSA) is 35.5 Å². The zero-order valence-electron chi connectivity index (χ0n) is 14.3. The van der Waals surface area contributed by atoms with E-state index in [-0.39, 0.29) is 12.0 Å². The Bertz CT molecular complexity index is 260.